The van der Waals surface area contributed by atoms with Gasteiger partial charge in [-0.25, -0.2) is 31.9 Å². The molecular weight excluding hydrogens is 719 g/mol. The van der Waals surface area contributed by atoms with Gasteiger partial charge in [-0.15, -0.1) is 0 Å². The van der Waals surface area contributed by atoms with Crippen molar-refractivity contribution in [3.05, 3.63) is 52.6 Å². The Bertz CT molecular complexity index is 1960. The van der Waals surface area contributed by atoms with Crippen molar-refractivity contribution in [1.82, 2.24) is 29.1 Å². The quantitative estimate of drug-likeness (QED) is 0.137. The van der Waals surface area contributed by atoms with Gasteiger partial charge in [0.2, 0.25) is 27.7 Å². The molecule has 0 saturated carbocycles. The van der Waals surface area contributed by atoms with Gasteiger partial charge in [0.1, 0.15) is 33.8 Å². The van der Waals surface area contributed by atoms with Gasteiger partial charge in [-0.05, 0) is 58.2 Å². The fourth-order valence-electron chi connectivity index (χ4n) is 6.12. The second kappa shape index (κ2) is 14.8. The van der Waals surface area contributed by atoms with Crippen molar-refractivity contribution in [3.63, 3.8) is 0 Å². The molecule has 2 aliphatic rings. The molecule has 2 aromatic heterocycles. The topological polar surface area (TPSA) is 221 Å². The molecule has 0 bridgehead atoms. The number of ether oxygens (including phenoxy) is 2. The highest BCUT2D eigenvalue weighted by Crippen LogP contribution is 2.42. The SMILES string of the molecule is COc1cc(C)c(F)cc1C(=O)c1cnc(NC2(Cl)CCN(C(=O)OC(C)(C)C)C(c3cnc(NC4CCN(S(C)(=O)=O)CC4)nc3N)C2)nc1N. The third kappa shape index (κ3) is 8.90. The molecule has 4 heterocycles. The number of piperidine rings is 2. The zero-order valence-electron chi connectivity index (χ0n) is 29.9. The first-order valence-corrected chi connectivity index (χ1v) is 18.8. The lowest BCUT2D eigenvalue weighted by atomic mass is 9.92. The number of amides is 1. The lowest BCUT2D eigenvalue weighted by Gasteiger charge is -2.44. The number of likely N-dealkylation sites (tertiary alicyclic amines) is 1. The van der Waals surface area contributed by atoms with Gasteiger partial charge in [-0.2, -0.15) is 9.97 Å². The van der Waals surface area contributed by atoms with E-state index in [1.54, 1.807) is 27.7 Å². The van der Waals surface area contributed by atoms with Crippen molar-refractivity contribution in [2.45, 2.75) is 76.1 Å². The Morgan fingerprint density at radius 1 is 1.04 bits per heavy atom. The third-order valence-electron chi connectivity index (χ3n) is 8.86. The Kier molecular flexibility index (Phi) is 11.0. The van der Waals surface area contributed by atoms with Gasteiger partial charge in [0.05, 0.1) is 30.5 Å². The average molecular weight is 763 g/mol. The second-order valence-corrected chi connectivity index (χ2v) is 16.7. The van der Waals surface area contributed by atoms with E-state index in [9.17, 15) is 22.4 Å². The number of nitrogen functional groups attached to an aromatic ring is 2. The predicted molar refractivity (Wildman–Crippen MR) is 194 cm³/mol. The monoisotopic (exact) mass is 762 g/mol. The van der Waals surface area contributed by atoms with Crippen LogP contribution < -0.4 is 26.8 Å². The maximum atomic E-state index is 14.4. The Labute approximate surface area is 306 Å². The number of aromatic nitrogens is 4. The molecule has 2 aliphatic heterocycles. The number of aryl methyl sites for hydroxylation is 1. The number of halogens is 2. The number of nitrogens with zero attached hydrogens (tertiary/aromatic N) is 6. The number of nitrogens with two attached hydrogens (primary N) is 2. The molecule has 1 amide bonds. The summed E-state index contributed by atoms with van der Waals surface area (Å²) < 4.78 is 50.6. The summed E-state index contributed by atoms with van der Waals surface area (Å²) in [6, 6.07) is 1.69. The molecule has 282 valence electrons. The van der Waals surface area contributed by atoms with E-state index in [0.717, 1.165) is 6.07 Å². The fraction of sp³-hybridized carbons (Fsp3) is 0.515. The van der Waals surface area contributed by atoms with E-state index in [1.165, 1.54) is 41.0 Å². The Morgan fingerprint density at radius 2 is 1.69 bits per heavy atom. The van der Waals surface area contributed by atoms with Crippen LogP contribution in [0.5, 0.6) is 5.75 Å². The Hall–Kier alpha value is -4.55. The second-order valence-electron chi connectivity index (χ2n) is 14.0. The molecule has 52 heavy (non-hydrogen) atoms. The van der Waals surface area contributed by atoms with Crippen LogP contribution in [0.4, 0.5) is 32.7 Å². The molecule has 3 aromatic rings. The number of hydrogen-bond acceptors (Lipinski definition) is 14. The van der Waals surface area contributed by atoms with E-state index in [2.05, 4.69) is 30.6 Å². The summed E-state index contributed by atoms with van der Waals surface area (Å²) in [7, 11) is -1.90. The highest BCUT2D eigenvalue weighted by Gasteiger charge is 2.44. The van der Waals surface area contributed by atoms with Crippen LogP contribution >= 0.6 is 11.6 Å². The maximum Gasteiger partial charge on any atom is 0.410 e. The van der Waals surface area contributed by atoms with Crippen molar-refractivity contribution in [1.29, 1.82) is 0 Å². The molecule has 2 unspecified atom stereocenters. The summed E-state index contributed by atoms with van der Waals surface area (Å²) in [6.45, 7) is 7.72. The molecule has 0 aliphatic carbocycles. The summed E-state index contributed by atoms with van der Waals surface area (Å²) >= 11 is 7.16. The van der Waals surface area contributed by atoms with Gasteiger partial charge >= 0.3 is 6.09 Å². The molecule has 0 radical (unpaired) electrons. The normalized spacial score (nSPS) is 20.3. The van der Waals surface area contributed by atoms with Crippen molar-refractivity contribution in [2.75, 3.05) is 55.1 Å². The molecule has 2 fully saturated rings. The number of benzene rings is 1. The summed E-state index contributed by atoms with van der Waals surface area (Å²) in [4.78, 5) is 44.6. The summed E-state index contributed by atoms with van der Waals surface area (Å²) in [6.07, 6.45) is 4.79. The number of carbonyl (C=O) groups excluding carboxylic acids is 2. The number of sulfonamides is 1. The van der Waals surface area contributed by atoms with Crippen molar-refractivity contribution < 1.29 is 31.9 Å². The third-order valence-corrected chi connectivity index (χ3v) is 10.6. The Balaban J connectivity index is 1.37. The highest BCUT2D eigenvalue weighted by molar-refractivity contribution is 7.88. The van der Waals surface area contributed by atoms with Gasteiger partial charge < -0.3 is 36.5 Å². The van der Waals surface area contributed by atoms with Gasteiger partial charge in [-0.3, -0.25) is 4.79 Å². The van der Waals surface area contributed by atoms with E-state index >= 15 is 0 Å². The lowest BCUT2D eigenvalue weighted by molar-refractivity contribution is 0.00707. The molecule has 16 nitrogen and oxygen atoms in total. The van der Waals surface area contributed by atoms with E-state index in [1.807, 2.05) is 0 Å². The average Bonchev–Trinajstić information content (AvgIpc) is 3.04. The fourth-order valence-corrected chi connectivity index (χ4v) is 7.31. The lowest BCUT2D eigenvalue weighted by Crippen LogP contribution is -2.50. The number of ketones is 1. The number of hydrogen-bond donors (Lipinski definition) is 4. The van der Waals surface area contributed by atoms with E-state index in [4.69, 9.17) is 32.5 Å². The van der Waals surface area contributed by atoms with Crippen LogP contribution in [0, 0.1) is 12.7 Å². The first kappa shape index (κ1) is 38.7. The molecule has 2 atom stereocenters. The van der Waals surface area contributed by atoms with Crippen LogP contribution in [0.1, 0.15) is 79.5 Å². The number of alkyl halides is 1. The summed E-state index contributed by atoms with van der Waals surface area (Å²) in [5.74, 6) is -0.816. The zero-order valence-corrected chi connectivity index (χ0v) is 31.4. The van der Waals surface area contributed by atoms with Crippen LogP contribution in [-0.4, -0.2) is 99.1 Å². The van der Waals surface area contributed by atoms with Crippen LogP contribution in [-0.2, 0) is 14.8 Å². The molecule has 0 spiro atoms. The van der Waals surface area contributed by atoms with Crippen LogP contribution in [0.3, 0.4) is 0 Å². The van der Waals surface area contributed by atoms with Crippen LogP contribution in [0.15, 0.2) is 24.5 Å². The summed E-state index contributed by atoms with van der Waals surface area (Å²) in [5.41, 5.74) is 12.6. The van der Waals surface area contributed by atoms with Crippen molar-refractivity contribution in [3.8, 4) is 5.75 Å². The zero-order chi connectivity index (χ0) is 38.2. The van der Waals surface area contributed by atoms with Gasteiger partial charge in [0.15, 0.2) is 0 Å². The molecule has 1 aromatic carbocycles. The molecule has 5 rings (SSSR count). The molecule has 6 N–H and O–H groups in total. The van der Waals surface area contributed by atoms with Gasteiger partial charge in [0, 0.05) is 56.5 Å². The first-order valence-electron chi connectivity index (χ1n) is 16.6. The van der Waals surface area contributed by atoms with Gasteiger partial charge in [0.25, 0.3) is 0 Å². The smallest absolute Gasteiger partial charge is 0.410 e. The number of carbonyl (C=O) groups is 2. The number of nitrogens with one attached hydrogen (secondary N) is 2. The minimum atomic E-state index is -3.27. The van der Waals surface area contributed by atoms with E-state index in [-0.39, 0.29) is 65.8 Å². The van der Waals surface area contributed by atoms with Crippen molar-refractivity contribution in [2.24, 2.45) is 0 Å². The predicted octanol–water partition coefficient (Wildman–Crippen LogP) is 4.07. The van der Waals surface area contributed by atoms with Crippen molar-refractivity contribution >= 4 is 57.0 Å². The van der Waals surface area contributed by atoms with E-state index < -0.39 is 44.4 Å². The number of methoxy groups -OCH3 is 1. The standard InChI is InChI=1S/C33H44ClFN10O6S/c1-18-13-25(50-5)20(14-23(18)35)26(46)22-17-39-30(42-28(22)37)43-33(34)9-12-45(31(47)51-32(2,3)4)24(15-33)21-16-38-29(41-27(21)36)40-19-7-10-44(11-8-19)52(6,48)49/h13-14,16-17,19,24H,7-12,15H2,1-6H3,(H3,36,38,40,41)(H3,37,39,42,43). The molecule has 2 saturated heterocycles. The maximum absolute atomic E-state index is 14.4. The van der Waals surface area contributed by atoms with E-state index in [0.29, 0.717) is 37.1 Å². The summed E-state index contributed by atoms with van der Waals surface area (Å²) in [5, 5.41) is 6.33. The highest BCUT2D eigenvalue weighted by atomic mass is 35.5. The largest absolute Gasteiger partial charge is 0.496 e. The van der Waals surface area contributed by atoms with Gasteiger partial charge in [-0.1, -0.05) is 11.6 Å². The Morgan fingerprint density at radius 3 is 2.29 bits per heavy atom. The molecule has 19 heteroatoms. The minimum absolute atomic E-state index is 0.0151. The first-order chi connectivity index (χ1) is 24.3. The van der Waals surface area contributed by atoms with Crippen LogP contribution in [0.2, 0.25) is 0 Å². The minimum Gasteiger partial charge on any atom is -0.496 e. The number of rotatable bonds is 9. The molecular formula is C33H44ClFN10O6S. The number of anilines is 4. The van der Waals surface area contributed by atoms with Crippen LogP contribution in [0.25, 0.3) is 0 Å².